The van der Waals surface area contributed by atoms with E-state index in [2.05, 4.69) is 5.32 Å². The van der Waals surface area contributed by atoms with Crippen LogP contribution in [-0.2, 0) is 14.4 Å². The molecule has 1 heterocycles. The SMILES string of the molecule is CC(=O)C1CC(O)CN1C(=O)C(NC(=O)C(C)CC(C)C(C)N)C(C)O. The number of rotatable bonds is 8. The van der Waals surface area contributed by atoms with Crippen LogP contribution in [0.5, 0.6) is 0 Å². The van der Waals surface area contributed by atoms with Gasteiger partial charge in [0.05, 0.1) is 18.2 Å². The highest BCUT2D eigenvalue weighted by molar-refractivity contribution is 5.93. The van der Waals surface area contributed by atoms with Gasteiger partial charge in [-0.05, 0) is 33.1 Å². The Kier molecular flexibility index (Phi) is 8.17. The molecule has 0 aromatic rings. The van der Waals surface area contributed by atoms with Crippen molar-refractivity contribution < 1.29 is 24.6 Å². The zero-order valence-corrected chi connectivity index (χ0v) is 16.3. The summed E-state index contributed by atoms with van der Waals surface area (Å²) in [6.45, 7) is 8.35. The second kappa shape index (κ2) is 9.43. The quantitative estimate of drug-likeness (QED) is 0.451. The fourth-order valence-corrected chi connectivity index (χ4v) is 3.18. The second-order valence-electron chi connectivity index (χ2n) is 7.71. The maximum atomic E-state index is 12.8. The molecule has 1 aliphatic heterocycles. The molecule has 150 valence electrons. The first-order valence-electron chi connectivity index (χ1n) is 9.18. The van der Waals surface area contributed by atoms with Crippen molar-refractivity contribution in [2.75, 3.05) is 6.54 Å². The van der Waals surface area contributed by atoms with Crippen LogP contribution >= 0.6 is 0 Å². The molecule has 1 aliphatic rings. The minimum atomic E-state index is -1.16. The number of amides is 2. The molecule has 1 rings (SSSR count). The summed E-state index contributed by atoms with van der Waals surface area (Å²) >= 11 is 0. The molecular weight excluding hydrogens is 338 g/mol. The van der Waals surface area contributed by atoms with E-state index in [1.54, 1.807) is 6.92 Å². The largest absolute Gasteiger partial charge is 0.391 e. The Hall–Kier alpha value is -1.51. The number of carbonyl (C=O) groups is 3. The molecule has 7 unspecified atom stereocenters. The fourth-order valence-electron chi connectivity index (χ4n) is 3.18. The van der Waals surface area contributed by atoms with Crippen molar-refractivity contribution in [3.8, 4) is 0 Å². The number of aliphatic hydroxyl groups is 2. The number of Topliss-reactive ketones (excluding diaryl/α,β-unsaturated/α-hetero) is 1. The Labute approximate surface area is 155 Å². The molecular formula is C18H33N3O5. The number of aliphatic hydroxyl groups excluding tert-OH is 2. The lowest BCUT2D eigenvalue weighted by Gasteiger charge is -2.30. The molecule has 0 spiro atoms. The molecule has 8 nitrogen and oxygen atoms in total. The summed E-state index contributed by atoms with van der Waals surface area (Å²) in [6, 6.07) is -1.95. The van der Waals surface area contributed by atoms with Gasteiger partial charge in [0, 0.05) is 24.9 Å². The molecule has 0 saturated carbocycles. The number of hydrogen-bond acceptors (Lipinski definition) is 6. The van der Waals surface area contributed by atoms with Crippen LogP contribution in [0.3, 0.4) is 0 Å². The van der Waals surface area contributed by atoms with Gasteiger partial charge in [0.25, 0.3) is 0 Å². The normalized spacial score (nSPS) is 25.9. The summed E-state index contributed by atoms with van der Waals surface area (Å²) in [4.78, 5) is 38.3. The second-order valence-corrected chi connectivity index (χ2v) is 7.71. The van der Waals surface area contributed by atoms with E-state index >= 15 is 0 Å². The van der Waals surface area contributed by atoms with Crippen LogP contribution in [0.4, 0.5) is 0 Å². The number of β-amino-alcohol motifs (C(OH)–C–C–N with tert-alkyl or cyclic N) is 1. The molecule has 5 N–H and O–H groups in total. The monoisotopic (exact) mass is 371 g/mol. The van der Waals surface area contributed by atoms with Crippen LogP contribution in [0.15, 0.2) is 0 Å². The van der Waals surface area contributed by atoms with E-state index in [4.69, 9.17) is 5.73 Å². The third-order valence-electron chi connectivity index (χ3n) is 5.15. The summed E-state index contributed by atoms with van der Waals surface area (Å²) in [5.41, 5.74) is 5.83. The van der Waals surface area contributed by atoms with Crippen molar-refractivity contribution in [3.63, 3.8) is 0 Å². The molecule has 0 aromatic heterocycles. The van der Waals surface area contributed by atoms with E-state index in [1.807, 2.05) is 13.8 Å². The maximum Gasteiger partial charge on any atom is 0.248 e. The van der Waals surface area contributed by atoms with E-state index in [9.17, 15) is 24.6 Å². The lowest BCUT2D eigenvalue weighted by molar-refractivity contribution is -0.143. The lowest BCUT2D eigenvalue weighted by Crippen LogP contribution is -2.56. The van der Waals surface area contributed by atoms with Gasteiger partial charge in [0.1, 0.15) is 6.04 Å². The van der Waals surface area contributed by atoms with Crippen molar-refractivity contribution in [1.82, 2.24) is 10.2 Å². The summed E-state index contributed by atoms with van der Waals surface area (Å²) in [7, 11) is 0. The lowest BCUT2D eigenvalue weighted by atomic mass is 9.91. The first-order valence-corrected chi connectivity index (χ1v) is 9.18. The van der Waals surface area contributed by atoms with Crippen LogP contribution < -0.4 is 11.1 Å². The molecule has 0 aromatic carbocycles. The Morgan fingerprint density at radius 1 is 1.23 bits per heavy atom. The van der Waals surface area contributed by atoms with Gasteiger partial charge in [0.15, 0.2) is 5.78 Å². The molecule has 26 heavy (non-hydrogen) atoms. The Morgan fingerprint density at radius 2 is 1.81 bits per heavy atom. The molecule has 8 heteroatoms. The summed E-state index contributed by atoms with van der Waals surface area (Å²) in [5.74, 6) is -1.39. The number of hydrogen-bond donors (Lipinski definition) is 4. The van der Waals surface area contributed by atoms with E-state index < -0.39 is 30.2 Å². The summed E-state index contributed by atoms with van der Waals surface area (Å²) in [6.07, 6.45) is -1.19. The zero-order valence-electron chi connectivity index (χ0n) is 16.3. The van der Waals surface area contributed by atoms with Crippen molar-refractivity contribution in [3.05, 3.63) is 0 Å². The van der Waals surface area contributed by atoms with Crippen LogP contribution in [0.25, 0.3) is 0 Å². The predicted octanol–water partition coefficient (Wildman–Crippen LogP) is -0.588. The van der Waals surface area contributed by atoms with Gasteiger partial charge in [-0.2, -0.15) is 0 Å². The van der Waals surface area contributed by atoms with E-state index in [-0.39, 0.29) is 42.5 Å². The Bertz CT molecular complexity index is 523. The molecule has 1 saturated heterocycles. The smallest absolute Gasteiger partial charge is 0.248 e. The van der Waals surface area contributed by atoms with E-state index in [0.29, 0.717) is 6.42 Å². The fraction of sp³-hybridized carbons (Fsp3) is 0.833. The Balaban J connectivity index is 2.83. The summed E-state index contributed by atoms with van der Waals surface area (Å²) < 4.78 is 0. The third kappa shape index (κ3) is 5.75. The molecule has 7 atom stereocenters. The van der Waals surface area contributed by atoms with Crippen molar-refractivity contribution in [1.29, 1.82) is 0 Å². The number of ketones is 1. The zero-order chi connectivity index (χ0) is 20.2. The number of likely N-dealkylation sites (tertiary alicyclic amines) is 1. The van der Waals surface area contributed by atoms with Crippen molar-refractivity contribution >= 4 is 17.6 Å². The van der Waals surface area contributed by atoms with Gasteiger partial charge in [0.2, 0.25) is 11.8 Å². The third-order valence-corrected chi connectivity index (χ3v) is 5.15. The molecule has 0 radical (unpaired) electrons. The average Bonchev–Trinajstić information content (AvgIpc) is 2.93. The first-order chi connectivity index (χ1) is 12.0. The van der Waals surface area contributed by atoms with Gasteiger partial charge in [-0.1, -0.05) is 13.8 Å². The van der Waals surface area contributed by atoms with Crippen molar-refractivity contribution in [2.45, 2.75) is 77.8 Å². The van der Waals surface area contributed by atoms with Gasteiger partial charge in [-0.3, -0.25) is 14.4 Å². The van der Waals surface area contributed by atoms with Gasteiger partial charge in [-0.15, -0.1) is 0 Å². The van der Waals surface area contributed by atoms with E-state index in [1.165, 1.54) is 18.7 Å². The number of carbonyl (C=O) groups excluding carboxylic acids is 3. The number of nitrogens with zero attached hydrogens (tertiary/aromatic N) is 1. The Morgan fingerprint density at radius 3 is 2.27 bits per heavy atom. The highest BCUT2D eigenvalue weighted by atomic mass is 16.3. The standard InChI is InChI=1S/C18H33N3O5/c1-9(11(3)19)6-10(2)17(25)20-16(13(5)23)18(26)21-8-14(24)7-15(21)12(4)22/h9-11,13-16,23-24H,6-8,19H2,1-5H3,(H,20,25). The highest BCUT2D eigenvalue weighted by Gasteiger charge is 2.41. The maximum absolute atomic E-state index is 12.8. The number of nitrogens with one attached hydrogen (secondary N) is 1. The van der Waals surface area contributed by atoms with Crippen LogP contribution in [0.2, 0.25) is 0 Å². The van der Waals surface area contributed by atoms with Crippen molar-refractivity contribution in [2.24, 2.45) is 17.6 Å². The van der Waals surface area contributed by atoms with Gasteiger partial charge >= 0.3 is 0 Å². The minimum absolute atomic E-state index is 0.0133. The van der Waals surface area contributed by atoms with E-state index in [0.717, 1.165) is 0 Å². The molecule has 0 bridgehead atoms. The van der Waals surface area contributed by atoms with Gasteiger partial charge in [-0.25, -0.2) is 0 Å². The van der Waals surface area contributed by atoms with Crippen LogP contribution in [0, 0.1) is 11.8 Å². The predicted molar refractivity (Wildman–Crippen MR) is 97.0 cm³/mol. The molecule has 2 amide bonds. The highest BCUT2D eigenvalue weighted by Crippen LogP contribution is 2.21. The molecule has 1 fully saturated rings. The topological polar surface area (TPSA) is 133 Å². The average molecular weight is 371 g/mol. The van der Waals surface area contributed by atoms with Gasteiger partial charge < -0.3 is 26.2 Å². The van der Waals surface area contributed by atoms with Crippen LogP contribution in [0.1, 0.15) is 47.5 Å². The first kappa shape index (κ1) is 22.5. The number of nitrogens with two attached hydrogens (primary N) is 1. The van der Waals surface area contributed by atoms with Crippen LogP contribution in [-0.4, -0.2) is 69.6 Å². The minimum Gasteiger partial charge on any atom is -0.391 e. The summed E-state index contributed by atoms with van der Waals surface area (Å²) in [5, 5.41) is 22.4. The molecule has 0 aliphatic carbocycles.